The van der Waals surface area contributed by atoms with E-state index in [1.54, 1.807) is 18.2 Å². The van der Waals surface area contributed by atoms with E-state index in [4.69, 9.17) is 0 Å². The highest BCUT2D eigenvalue weighted by Crippen LogP contribution is 2.35. The van der Waals surface area contributed by atoms with Crippen LogP contribution in [0.15, 0.2) is 54.7 Å². The Morgan fingerprint density at radius 3 is 2.48 bits per heavy atom. The van der Waals surface area contributed by atoms with E-state index in [0.29, 0.717) is 18.4 Å². The summed E-state index contributed by atoms with van der Waals surface area (Å²) in [5.41, 5.74) is 1.91. The second-order valence-corrected chi connectivity index (χ2v) is 7.07. The number of aryl methyl sites for hydroxylation is 1. The molecule has 1 saturated heterocycles. The molecule has 0 bridgehead atoms. The summed E-state index contributed by atoms with van der Waals surface area (Å²) in [4.78, 5) is 2.34. The first-order valence-corrected chi connectivity index (χ1v) is 8.79. The van der Waals surface area contributed by atoms with Gasteiger partial charge in [0.2, 0.25) is 0 Å². The maximum absolute atomic E-state index is 14.1. The molecular formula is C21H23FN2O. The van der Waals surface area contributed by atoms with Crippen LogP contribution in [-0.4, -0.2) is 27.7 Å². The molecule has 0 radical (unpaired) electrons. The summed E-state index contributed by atoms with van der Waals surface area (Å²) >= 11 is 0. The van der Waals surface area contributed by atoms with Gasteiger partial charge in [-0.05, 0) is 30.5 Å². The van der Waals surface area contributed by atoms with Gasteiger partial charge in [0.1, 0.15) is 5.82 Å². The van der Waals surface area contributed by atoms with Crippen molar-refractivity contribution in [1.29, 1.82) is 0 Å². The van der Waals surface area contributed by atoms with E-state index >= 15 is 0 Å². The van der Waals surface area contributed by atoms with E-state index < -0.39 is 5.60 Å². The van der Waals surface area contributed by atoms with Crippen molar-refractivity contribution in [2.24, 2.45) is 7.05 Å². The van der Waals surface area contributed by atoms with Gasteiger partial charge in [0, 0.05) is 49.3 Å². The lowest BCUT2D eigenvalue weighted by atomic mass is 9.84. The third-order valence-electron chi connectivity index (χ3n) is 5.43. The van der Waals surface area contributed by atoms with Crippen LogP contribution in [-0.2, 0) is 19.2 Å². The largest absolute Gasteiger partial charge is 0.385 e. The second-order valence-electron chi connectivity index (χ2n) is 7.07. The van der Waals surface area contributed by atoms with Crippen LogP contribution < -0.4 is 0 Å². The first kappa shape index (κ1) is 16.3. The summed E-state index contributed by atoms with van der Waals surface area (Å²) in [6.07, 6.45) is 3.29. The van der Waals surface area contributed by atoms with Crippen molar-refractivity contribution in [2.45, 2.75) is 25.0 Å². The van der Waals surface area contributed by atoms with E-state index in [2.05, 4.69) is 47.0 Å². The molecule has 0 amide bonds. The van der Waals surface area contributed by atoms with Crippen molar-refractivity contribution in [3.05, 3.63) is 71.7 Å². The van der Waals surface area contributed by atoms with Crippen molar-refractivity contribution in [3.8, 4) is 0 Å². The Balaban J connectivity index is 1.50. The number of nitrogens with zero attached hydrogens (tertiary/aromatic N) is 2. The molecule has 1 aromatic heterocycles. The number of likely N-dealkylation sites (tertiary alicyclic amines) is 1. The number of fused-ring (bicyclic) bond motifs is 1. The van der Waals surface area contributed by atoms with Gasteiger partial charge in [-0.3, -0.25) is 4.90 Å². The van der Waals surface area contributed by atoms with E-state index in [1.165, 1.54) is 22.5 Å². The number of halogens is 1. The molecule has 0 atom stereocenters. The lowest BCUT2D eigenvalue weighted by Crippen LogP contribution is -2.42. The van der Waals surface area contributed by atoms with Gasteiger partial charge in [-0.1, -0.05) is 36.4 Å². The van der Waals surface area contributed by atoms with Crippen LogP contribution in [0.2, 0.25) is 0 Å². The maximum atomic E-state index is 14.1. The average molecular weight is 338 g/mol. The Morgan fingerprint density at radius 1 is 1.04 bits per heavy atom. The maximum Gasteiger partial charge on any atom is 0.129 e. The fraction of sp³-hybridized carbons (Fsp3) is 0.333. The molecule has 1 aliphatic heterocycles. The van der Waals surface area contributed by atoms with Crippen molar-refractivity contribution in [3.63, 3.8) is 0 Å². The molecule has 3 aromatic rings. The first-order valence-electron chi connectivity index (χ1n) is 8.79. The summed E-state index contributed by atoms with van der Waals surface area (Å²) in [6.45, 7) is 2.37. The molecule has 0 unspecified atom stereocenters. The van der Waals surface area contributed by atoms with Crippen molar-refractivity contribution >= 4 is 10.9 Å². The van der Waals surface area contributed by atoms with E-state index in [-0.39, 0.29) is 5.82 Å². The predicted molar refractivity (Wildman–Crippen MR) is 97.7 cm³/mol. The monoisotopic (exact) mass is 338 g/mol. The molecule has 2 heterocycles. The van der Waals surface area contributed by atoms with Crippen LogP contribution in [0.1, 0.15) is 24.0 Å². The SMILES string of the molecule is Cn1cc(CN2CCC(O)(c3ccccc3F)CC2)c2ccccc21. The average Bonchev–Trinajstić information content (AvgIpc) is 2.94. The Hall–Kier alpha value is -2.17. The number of para-hydroxylation sites is 1. The molecule has 130 valence electrons. The molecule has 1 N–H and O–H groups in total. The van der Waals surface area contributed by atoms with Crippen LogP contribution in [0.3, 0.4) is 0 Å². The molecule has 3 nitrogen and oxygen atoms in total. The minimum atomic E-state index is -1.05. The van der Waals surface area contributed by atoms with Crippen LogP contribution in [0.4, 0.5) is 4.39 Å². The van der Waals surface area contributed by atoms with Gasteiger partial charge in [-0.15, -0.1) is 0 Å². The highest BCUT2D eigenvalue weighted by atomic mass is 19.1. The number of rotatable bonds is 3. The summed E-state index contributed by atoms with van der Waals surface area (Å²) in [5, 5.41) is 12.2. The van der Waals surface area contributed by atoms with Gasteiger partial charge >= 0.3 is 0 Å². The number of aliphatic hydroxyl groups is 1. The lowest BCUT2D eigenvalue weighted by molar-refractivity contribution is -0.0301. The quantitative estimate of drug-likeness (QED) is 0.787. The van der Waals surface area contributed by atoms with Gasteiger partial charge in [0.05, 0.1) is 5.60 Å². The van der Waals surface area contributed by atoms with E-state index in [0.717, 1.165) is 19.6 Å². The number of hydrogen-bond donors (Lipinski definition) is 1. The zero-order valence-corrected chi connectivity index (χ0v) is 14.5. The molecule has 25 heavy (non-hydrogen) atoms. The van der Waals surface area contributed by atoms with Crippen LogP contribution in [0, 0.1) is 5.82 Å². The first-order chi connectivity index (χ1) is 12.1. The highest BCUT2D eigenvalue weighted by molar-refractivity contribution is 5.83. The van der Waals surface area contributed by atoms with Crippen molar-refractivity contribution < 1.29 is 9.50 Å². The van der Waals surface area contributed by atoms with Crippen LogP contribution in [0.25, 0.3) is 10.9 Å². The van der Waals surface area contributed by atoms with Crippen molar-refractivity contribution in [1.82, 2.24) is 9.47 Å². The number of benzene rings is 2. The Bertz CT molecular complexity index is 894. The van der Waals surface area contributed by atoms with Crippen LogP contribution in [0.5, 0.6) is 0 Å². The zero-order chi connectivity index (χ0) is 17.4. The number of hydrogen-bond acceptors (Lipinski definition) is 2. The topological polar surface area (TPSA) is 28.4 Å². The number of piperidine rings is 1. The molecule has 1 aliphatic rings. The Kier molecular flexibility index (Phi) is 4.10. The van der Waals surface area contributed by atoms with E-state index in [1.807, 2.05) is 0 Å². The lowest BCUT2D eigenvalue weighted by Gasteiger charge is -2.38. The third-order valence-corrected chi connectivity index (χ3v) is 5.43. The summed E-state index contributed by atoms with van der Waals surface area (Å²) in [6, 6.07) is 15.0. The van der Waals surface area contributed by atoms with Gasteiger partial charge in [-0.2, -0.15) is 0 Å². The predicted octanol–water partition coefficient (Wildman–Crippen LogP) is 3.80. The fourth-order valence-corrected chi connectivity index (χ4v) is 3.98. The standard InChI is InChI=1S/C21H23FN2O/c1-23-14-16(17-6-2-5-9-20(17)23)15-24-12-10-21(25,11-13-24)18-7-3-4-8-19(18)22/h2-9,14,25H,10-13,15H2,1H3. The Morgan fingerprint density at radius 2 is 1.72 bits per heavy atom. The normalized spacial score (nSPS) is 17.9. The molecule has 2 aromatic carbocycles. The number of aromatic nitrogens is 1. The van der Waals surface area contributed by atoms with Gasteiger partial charge < -0.3 is 9.67 Å². The third kappa shape index (κ3) is 2.96. The fourth-order valence-electron chi connectivity index (χ4n) is 3.98. The smallest absolute Gasteiger partial charge is 0.129 e. The van der Waals surface area contributed by atoms with Gasteiger partial charge in [0.15, 0.2) is 0 Å². The highest BCUT2D eigenvalue weighted by Gasteiger charge is 2.35. The molecule has 0 spiro atoms. The van der Waals surface area contributed by atoms with Crippen molar-refractivity contribution in [2.75, 3.05) is 13.1 Å². The van der Waals surface area contributed by atoms with Crippen LogP contribution >= 0.6 is 0 Å². The molecule has 1 fully saturated rings. The summed E-state index contributed by atoms with van der Waals surface area (Å²) in [5.74, 6) is -0.312. The minimum Gasteiger partial charge on any atom is -0.385 e. The summed E-state index contributed by atoms with van der Waals surface area (Å²) in [7, 11) is 2.07. The minimum absolute atomic E-state index is 0.312. The van der Waals surface area contributed by atoms with E-state index in [9.17, 15) is 9.50 Å². The molecule has 4 rings (SSSR count). The molecular weight excluding hydrogens is 315 g/mol. The molecule has 0 aliphatic carbocycles. The molecule has 4 heteroatoms. The van der Waals surface area contributed by atoms with Gasteiger partial charge in [0.25, 0.3) is 0 Å². The second kappa shape index (κ2) is 6.28. The zero-order valence-electron chi connectivity index (χ0n) is 14.5. The summed E-state index contributed by atoms with van der Waals surface area (Å²) < 4.78 is 16.2. The molecule has 0 saturated carbocycles. The Labute approximate surface area is 147 Å². The van der Waals surface area contributed by atoms with Gasteiger partial charge in [-0.25, -0.2) is 4.39 Å².